The number of ether oxygens (including phenoxy) is 1. The molecule has 20 heavy (non-hydrogen) atoms. The van der Waals surface area contributed by atoms with Gasteiger partial charge in [-0.05, 0) is 54.4 Å². The lowest BCUT2D eigenvalue weighted by Crippen LogP contribution is -2.32. The highest BCUT2D eigenvalue weighted by atomic mass is 35.5. The van der Waals surface area contributed by atoms with Crippen molar-refractivity contribution in [1.82, 2.24) is 5.43 Å². The van der Waals surface area contributed by atoms with Crippen molar-refractivity contribution in [3.8, 4) is 5.75 Å². The van der Waals surface area contributed by atoms with Crippen LogP contribution in [-0.2, 0) is 0 Å². The fourth-order valence-electron chi connectivity index (χ4n) is 1.92. The van der Waals surface area contributed by atoms with Crippen LogP contribution in [0.1, 0.15) is 17.2 Å². The zero-order valence-corrected chi connectivity index (χ0v) is 11.8. The minimum absolute atomic E-state index is 0.290. The Labute approximate surface area is 122 Å². The quantitative estimate of drug-likeness (QED) is 0.656. The lowest BCUT2D eigenvalue weighted by Gasteiger charge is -2.19. The first-order valence-electron chi connectivity index (χ1n) is 6.20. The maximum atomic E-state index is 13.3. The molecular weight excluding hydrogens is 279 g/mol. The van der Waals surface area contributed by atoms with Gasteiger partial charge in [0.05, 0.1) is 6.04 Å². The number of hydrogen-bond donors (Lipinski definition) is 2. The Morgan fingerprint density at radius 1 is 1.25 bits per heavy atom. The standard InChI is InChI=1S/C15H16ClFN2O/c1-10-2-5-12(17)8-14(10)15(19-18)9-20-13-6-3-11(16)4-7-13/h2-8,15,19H,9,18H2,1H3. The summed E-state index contributed by atoms with van der Waals surface area (Å²) in [6.07, 6.45) is 0. The third-order valence-corrected chi connectivity index (χ3v) is 3.30. The van der Waals surface area contributed by atoms with Crippen LogP contribution in [0.3, 0.4) is 0 Å². The van der Waals surface area contributed by atoms with Crippen LogP contribution in [0.5, 0.6) is 5.75 Å². The van der Waals surface area contributed by atoms with Gasteiger partial charge in [0.15, 0.2) is 0 Å². The molecule has 106 valence electrons. The summed E-state index contributed by atoms with van der Waals surface area (Å²) in [7, 11) is 0. The highest BCUT2D eigenvalue weighted by Crippen LogP contribution is 2.21. The SMILES string of the molecule is Cc1ccc(F)cc1C(COc1ccc(Cl)cc1)NN. The lowest BCUT2D eigenvalue weighted by atomic mass is 10.0. The molecule has 0 saturated heterocycles. The van der Waals surface area contributed by atoms with Gasteiger partial charge in [-0.2, -0.15) is 0 Å². The molecule has 0 spiro atoms. The largest absolute Gasteiger partial charge is 0.492 e. The second kappa shape index (κ2) is 6.70. The van der Waals surface area contributed by atoms with Crippen LogP contribution in [0.2, 0.25) is 5.02 Å². The van der Waals surface area contributed by atoms with Gasteiger partial charge in [0.25, 0.3) is 0 Å². The van der Waals surface area contributed by atoms with E-state index in [1.54, 1.807) is 30.3 Å². The molecule has 0 aromatic heterocycles. The molecule has 0 aliphatic carbocycles. The molecule has 0 amide bonds. The minimum atomic E-state index is -0.294. The molecule has 5 heteroatoms. The van der Waals surface area contributed by atoms with Gasteiger partial charge >= 0.3 is 0 Å². The monoisotopic (exact) mass is 294 g/mol. The topological polar surface area (TPSA) is 47.3 Å². The number of nitrogens with two attached hydrogens (primary N) is 1. The van der Waals surface area contributed by atoms with Crippen molar-refractivity contribution in [2.45, 2.75) is 13.0 Å². The van der Waals surface area contributed by atoms with Crippen LogP contribution < -0.4 is 16.0 Å². The van der Waals surface area contributed by atoms with Gasteiger partial charge in [-0.25, -0.2) is 9.82 Å². The number of hydrazine groups is 1. The normalized spacial score (nSPS) is 12.2. The van der Waals surface area contributed by atoms with Gasteiger partial charge in [0.1, 0.15) is 18.2 Å². The molecule has 0 saturated carbocycles. The molecule has 2 aromatic rings. The van der Waals surface area contributed by atoms with Crippen LogP contribution in [0.15, 0.2) is 42.5 Å². The molecule has 0 heterocycles. The van der Waals surface area contributed by atoms with Crippen LogP contribution >= 0.6 is 11.6 Å². The van der Waals surface area contributed by atoms with Gasteiger partial charge in [-0.1, -0.05) is 17.7 Å². The molecule has 3 nitrogen and oxygen atoms in total. The number of benzene rings is 2. The summed E-state index contributed by atoms with van der Waals surface area (Å²) in [5, 5.41) is 0.645. The van der Waals surface area contributed by atoms with Crippen molar-refractivity contribution in [3.63, 3.8) is 0 Å². The van der Waals surface area contributed by atoms with Crippen molar-refractivity contribution in [3.05, 3.63) is 64.4 Å². The van der Waals surface area contributed by atoms with E-state index in [9.17, 15) is 4.39 Å². The average molecular weight is 295 g/mol. The number of halogens is 2. The van der Waals surface area contributed by atoms with Gasteiger partial charge in [0, 0.05) is 5.02 Å². The van der Waals surface area contributed by atoms with E-state index in [-0.39, 0.29) is 11.9 Å². The highest BCUT2D eigenvalue weighted by Gasteiger charge is 2.14. The Kier molecular flexibility index (Phi) is 4.95. The van der Waals surface area contributed by atoms with Crippen LogP contribution in [0.4, 0.5) is 4.39 Å². The Bertz CT molecular complexity index is 575. The molecule has 0 aliphatic heterocycles. The third-order valence-electron chi connectivity index (χ3n) is 3.05. The van der Waals surface area contributed by atoms with E-state index in [0.717, 1.165) is 11.1 Å². The van der Waals surface area contributed by atoms with E-state index >= 15 is 0 Å². The smallest absolute Gasteiger partial charge is 0.123 e. The van der Waals surface area contributed by atoms with Crippen LogP contribution in [0, 0.1) is 12.7 Å². The molecule has 0 fully saturated rings. The van der Waals surface area contributed by atoms with Crippen molar-refractivity contribution < 1.29 is 9.13 Å². The molecule has 0 radical (unpaired) electrons. The van der Waals surface area contributed by atoms with Crippen molar-refractivity contribution in [2.75, 3.05) is 6.61 Å². The Morgan fingerprint density at radius 3 is 2.60 bits per heavy atom. The molecule has 2 aromatic carbocycles. The van der Waals surface area contributed by atoms with E-state index in [0.29, 0.717) is 17.4 Å². The number of nitrogens with one attached hydrogen (secondary N) is 1. The summed E-state index contributed by atoms with van der Waals surface area (Å²) in [6.45, 7) is 2.20. The zero-order valence-electron chi connectivity index (χ0n) is 11.1. The van der Waals surface area contributed by atoms with Crippen molar-refractivity contribution >= 4 is 11.6 Å². The number of rotatable bonds is 5. The molecule has 3 N–H and O–H groups in total. The fourth-order valence-corrected chi connectivity index (χ4v) is 2.05. The lowest BCUT2D eigenvalue weighted by molar-refractivity contribution is 0.267. The summed E-state index contributed by atoms with van der Waals surface area (Å²) in [5.41, 5.74) is 4.38. The fraction of sp³-hybridized carbons (Fsp3) is 0.200. The molecule has 0 bridgehead atoms. The predicted molar refractivity (Wildman–Crippen MR) is 78.1 cm³/mol. The summed E-state index contributed by atoms with van der Waals surface area (Å²) in [6, 6.07) is 11.4. The average Bonchev–Trinajstić information content (AvgIpc) is 2.45. The van der Waals surface area contributed by atoms with Gasteiger partial charge < -0.3 is 4.74 Å². The molecule has 1 atom stereocenters. The van der Waals surface area contributed by atoms with E-state index < -0.39 is 0 Å². The number of hydrogen-bond acceptors (Lipinski definition) is 3. The maximum absolute atomic E-state index is 13.3. The van der Waals surface area contributed by atoms with Gasteiger partial charge in [-0.3, -0.25) is 5.84 Å². The van der Waals surface area contributed by atoms with E-state index in [1.165, 1.54) is 12.1 Å². The van der Waals surface area contributed by atoms with Crippen LogP contribution in [0.25, 0.3) is 0 Å². The summed E-state index contributed by atoms with van der Waals surface area (Å²) in [4.78, 5) is 0. The van der Waals surface area contributed by atoms with E-state index in [1.807, 2.05) is 6.92 Å². The summed E-state index contributed by atoms with van der Waals surface area (Å²) >= 11 is 5.81. The zero-order chi connectivity index (χ0) is 14.5. The first-order chi connectivity index (χ1) is 9.60. The minimum Gasteiger partial charge on any atom is -0.492 e. The summed E-state index contributed by atoms with van der Waals surface area (Å²) in [5.74, 6) is 5.93. The highest BCUT2D eigenvalue weighted by molar-refractivity contribution is 6.30. The number of aryl methyl sites for hydroxylation is 1. The molecule has 1 unspecified atom stereocenters. The van der Waals surface area contributed by atoms with Crippen molar-refractivity contribution in [1.29, 1.82) is 0 Å². The second-order valence-corrected chi connectivity index (χ2v) is 4.92. The van der Waals surface area contributed by atoms with E-state index in [2.05, 4.69) is 5.43 Å². The van der Waals surface area contributed by atoms with Gasteiger partial charge in [-0.15, -0.1) is 0 Å². The second-order valence-electron chi connectivity index (χ2n) is 4.49. The van der Waals surface area contributed by atoms with Gasteiger partial charge in [0.2, 0.25) is 0 Å². The maximum Gasteiger partial charge on any atom is 0.123 e. The predicted octanol–water partition coefficient (Wildman–Crippen LogP) is 3.37. The van der Waals surface area contributed by atoms with Crippen molar-refractivity contribution in [2.24, 2.45) is 5.84 Å². The summed E-state index contributed by atoms with van der Waals surface area (Å²) < 4.78 is 19.0. The first-order valence-corrected chi connectivity index (χ1v) is 6.58. The molecule has 0 aliphatic rings. The Hall–Kier alpha value is -1.62. The Balaban J connectivity index is 2.09. The first kappa shape index (κ1) is 14.8. The van der Waals surface area contributed by atoms with E-state index in [4.69, 9.17) is 22.2 Å². The Morgan fingerprint density at radius 2 is 1.95 bits per heavy atom. The molecular formula is C15H16ClFN2O. The third kappa shape index (κ3) is 3.70. The molecule has 2 rings (SSSR count). The van der Waals surface area contributed by atoms with Crippen LogP contribution in [-0.4, -0.2) is 6.61 Å².